The third kappa shape index (κ3) is 4.09. The number of hydrogen-bond donors (Lipinski definition) is 1. The number of thioether (sulfide) groups is 1. The summed E-state index contributed by atoms with van der Waals surface area (Å²) < 4.78 is 0. The Morgan fingerprint density at radius 2 is 2.00 bits per heavy atom. The SMILES string of the molecule is C[C@@H](C(=O)Nc1ncccn1)N1CCS[C@@H](c2ccccc2)C1. The van der Waals surface area contributed by atoms with Crippen molar-refractivity contribution >= 4 is 23.6 Å². The minimum absolute atomic E-state index is 0.0603. The van der Waals surface area contributed by atoms with Crippen LogP contribution < -0.4 is 5.32 Å². The first-order chi connectivity index (χ1) is 11.2. The molecule has 1 aromatic carbocycles. The molecule has 0 radical (unpaired) electrons. The maximum absolute atomic E-state index is 12.4. The Kier molecular flexibility index (Phi) is 5.25. The van der Waals surface area contributed by atoms with Crippen LogP contribution in [0, 0.1) is 0 Å². The molecular weight excluding hydrogens is 308 g/mol. The van der Waals surface area contributed by atoms with Gasteiger partial charge in [0, 0.05) is 36.5 Å². The Labute approximate surface area is 140 Å². The van der Waals surface area contributed by atoms with Crippen molar-refractivity contribution in [2.75, 3.05) is 24.2 Å². The number of rotatable bonds is 4. The van der Waals surface area contributed by atoms with E-state index in [9.17, 15) is 4.79 Å². The van der Waals surface area contributed by atoms with Gasteiger partial charge in [0.05, 0.1) is 6.04 Å². The molecule has 0 bridgehead atoms. The fraction of sp³-hybridized carbons (Fsp3) is 0.353. The summed E-state index contributed by atoms with van der Waals surface area (Å²) in [6, 6.07) is 12.0. The van der Waals surface area contributed by atoms with E-state index >= 15 is 0 Å². The van der Waals surface area contributed by atoms with E-state index in [1.54, 1.807) is 18.5 Å². The van der Waals surface area contributed by atoms with Crippen LogP contribution in [0.3, 0.4) is 0 Å². The van der Waals surface area contributed by atoms with E-state index in [2.05, 4.69) is 44.5 Å². The lowest BCUT2D eigenvalue weighted by molar-refractivity contribution is -0.120. The van der Waals surface area contributed by atoms with Gasteiger partial charge in [0.1, 0.15) is 0 Å². The number of amides is 1. The molecule has 3 rings (SSSR count). The van der Waals surface area contributed by atoms with Gasteiger partial charge in [-0.15, -0.1) is 0 Å². The van der Waals surface area contributed by atoms with Crippen LogP contribution in [0.5, 0.6) is 0 Å². The number of aromatic nitrogens is 2. The summed E-state index contributed by atoms with van der Waals surface area (Å²) in [7, 11) is 0. The predicted molar refractivity (Wildman–Crippen MR) is 93.3 cm³/mol. The van der Waals surface area contributed by atoms with E-state index in [0.717, 1.165) is 18.8 Å². The summed E-state index contributed by atoms with van der Waals surface area (Å²) in [5.41, 5.74) is 1.32. The summed E-state index contributed by atoms with van der Waals surface area (Å²) in [6.07, 6.45) is 3.24. The van der Waals surface area contributed by atoms with Crippen molar-refractivity contribution < 1.29 is 4.79 Å². The highest BCUT2D eigenvalue weighted by atomic mass is 32.2. The van der Waals surface area contributed by atoms with Crippen LogP contribution in [0.4, 0.5) is 5.95 Å². The second-order valence-corrected chi connectivity index (χ2v) is 6.81. The van der Waals surface area contributed by atoms with Gasteiger partial charge in [0.15, 0.2) is 0 Å². The number of carbonyl (C=O) groups is 1. The number of nitrogens with zero attached hydrogens (tertiary/aromatic N) is 3. The van der Waals surface area contributed by atoms with E-state index < -0.39 is 0 Å². The molecule has 2 heterocycles. The molecule has 1 N–H and O–H groups in total. The molecule has 6 heteroatoms. The zero-order chi connectivity index (χ0) is 16.1. The molecule has 1 amide bonds. The maximum Gasteiger partial charge on any atom is 0.243 e. The maximum atomic E-state index is 12.4. The second-order valence-electron chi connectivity index (χ2n) is 5.50. The molecule has 0 aliphatic carbocycles. The number of hydrogen-bond acceptors (Lipinski definition) is 5. The van der Waals surface area contributed by atoms with Crippen LogP contribution in [0.1, 0.15) is 17.7 Å². The fourth-order valence-corrected chi connectivity index (χ4v) is 3.91. The van der Waals surface area contributed by atoms with Crippen LogP contribution in [-0.2, 0) is 4.79 Å². The lowest BCUT2D eigenvalue weighted by Gasteiger charge is -2.35. The highest BCUT2D eigenvalue weighted by Gasteiger charge is 2.28. The van der Waals surface area contributed by atoms with Crippen molar-refractivity contribution in [3.63, 3.8) is 0 Å². The van der Waals surface area contributed by atoms with Crippen LogP contribution >= 0.6 is 11.8 Å². The first-order valence-electron chi connectivity index (χ1n) is 7.72. The van der Waals surface area contributed by atoms with Gasteiger partial charge in [-0.3, -0.25) is 15.0 Å². The molecule has 0 spiro atoms. The molecule has 1 aliphatic rings. The Balaban J connectivity index is 1.62. The molecule has 2 atom stereocenters. The molecular formula is C17H20N4OS. The third-order valence-corrected chi connectivity index (χ3v) is 5.24. The van der Waals surface area contributed by atoms with Gasteiger partial charge in [-0.1, -0.05) is 30.3 Å². The van der Waals surface area contributed by atoms with Crippen LogP contribution in [0.2, 0.25) is 0 Å². The summed E-state index contributed by atoms with van der Waals surface area (Å²) in [5, 5.41) is 3.19. The molecule has 1 aromatic heterocycles. The molecule has 23 heavy (non-hydrogen) atoms. The Bertz CT molecular complexity index is 638. The van der Waals surface area contributed by atoms with Gasteiger partial charge < -0.3 is 0 Å². The smallest absolute Gasteiger partial charge is 0.243 e. The van der Waals surface area contributed by atoms with Crippen molar-refractivity contribution in [1.82, 2.24) is 14.9 Å². The van der Waals surface area contributed by atoms with Gasteiger partial charge in [-0.25, -0.2) is 9.97 Å². The van der Waals surface area contributed by atoms with Crippen LogP contribution in [-0.4, -0.2) is 45.7 Å². The lowest BCUT2D eigenvalue weighted by Crippen LogP contribution is -2.46. The normalized spacial score (nSPS) is 20.0. The van der Waals surface area contributed by atoms with Crippen LogP contribution in [0.25, 0.3) is 0 Å². The standard InChI is InChI=1S/C17H20N4OS/c1-13(16(22)20-17-18-8-5-9-19-17)21-10-11-23-15(12-21)14-6-3-2-4-7-14/h2-9,13,15H,10-12H2,1H3,(H,18,19,20,22)/t13-,15+/m0/s1. The minimum Gasteiger partial charge on any atom is -0.293 e. The van der Waals surface area contributed by atoms with E-state index in [1.807, 2.05) is 24.8 Å². The quantitative estimate of drug-likeness (QED) is 0.935. The van der Waals surface area contributed by atoms with Crippen molar-refractivity contribution in [2.24, 2.45) is 0 Å². The molecule has 5 nitrogen and oxygen atoms in total. The molecule has 1 fully saturated rings. The van der Waals surface area contributed by atoms with Gasteiger partial charge in [0.2, 0.25) is 11.9 Å². The van der Waals surface area contributed by atoms with Crippen molar-refractivity contribution in [1.29, 1.82) is 0 Å². The third-order valence-electron chi connectivity index (χ3n) is 4.00. The zero-order valence-corrected chi connectivity index (χ0v) is 13.9. The second kappa shape index (κ2) is 7.57. The van der Waals surface area contributed by atoms with Gasteiger partial charge >= 0.3 is 0 Å². The average Bonchev–Trinajstić information content (AvgIpc) is 2.63. The van der Waals surface area contributed by atoms with Crippen molar-refractivity contribution in [3.05, 3.63) is 54.4 Å². The number of anilines is 1. The number of carbonyl (C=O) groups excluding carboxylic acids is 1. The van der Waals surface area contributed by atoms with Gasteiger partial charge in [-0.2, -0.15) is 11.8 Å². The summed E-state index contributed by atoms with van der Waals surface area (Å²) in [5.74, 6) is 1.32. The van der Waals surface area contributed by atoms with E-state index in [1.165, 1.54) is 5.56 Å². The minimum atomic E-state index is -0.203. The van der Waals surface area contributed by atoms with Crippen molar-refractivity contribution in [3.8, 4) is 0 Å². The molecule has 2 aromatic rings. The largest absolute Gasteiger partial charge is 0.293 e. The molecule has 0 unspecified atom stereocenters. The fourth-order valence-electron chi connectivity index (χ4n) is 2.63. The summed E-state index contributed by atoms with van der Waals surface area (Å²) in [4.78, 5) is 22.7. The molecule has 0 saturated carbocycles. The Hall–Kier alpha value is -1.92. The highest BCUT2D eigenvalue weighted by molar-refractivity contribution is 7.99. The average molecular weight is 328 g/mol. The lowest BCUT2D eigenvalue weighted by atomic mass is 10.1. The Morgan fingerprint density at radius 3 is 2.74 bits per heavy atom. The molecule has 120 valence electrons. The Morgan fingerprint density at radius 1 is 1.26 bits per heavy atom. The predicted octanol–water partition coefficient (Wildman–Crippen LogP) is 2.59. The van der Waals surface area contributed by atoms with E-state index in [-0.39, 0.29) is 11.9 Å². The van der Waals surface area contributed by atoms with Crippen molar-refractivity contribution in [2.45, 2.75) is 18.2 Å². The van der Waals surface area contributed by atoms with Gasteiger partial charge in [-0.05, 0) is 18.6 Å². The first kappa shape index (κ1) is 16.0. The molecule has 1 aliphatic heterocycles. The monoisotopic (exact) mass is 328 g/mol. The summed E-state index contributed by atoms with van der Waals surface area (Å²) >= 11 is 1.96. The zero-order valence-electron chi connectivity index (χ0n) is 13.1. The van der Waals surface area contributed by atoms with E-state index in [4.69, 9.17) is 0 Å². The number of nitrogens with one attached hydrogen (secondary N) is 1. The highest BCUT2D eigenvalue weighted by Crippen LogP contribution is 2.33. The van der Waals surface area contributed by atoms with Gasteiger partial charge in [0.25, 0.3) is 0 Å². The summed E-state index contributed by atoms with van der Waals surface area (Å²) in [6.45, 7) is 3.73. The topological polar surface area (TPSA) is 58.1 Å². The van der Waals surface area contributed by atoms with Crippen LogP contribution in [0.15, 0.2) is 48.8 Å². The number of benzene rings is 1. The molecule has 1 saturated heterocycles. The first-order valence-corrected chi connectivity index (χ1v) is 8.77. The van der Waals surface area contributed by atoms with E-state index in [0.29, 0.717) is 11.2 Å².